The standard InChI is InChI=1S/C25H24N8O/c1-16-8-18(2-3-21(16)34-19-4-6-32-22(9-19)27-14-29-32)31-24-23-20(5-7-33(23)30-15-28-24)17-10-25(11-17)12-26-13-25/h2-9,14-15,17,26H,10-13H2,1H3,(H,28,30,31). The van der Waals surface area contributed by atoms with Crippen LogP contribution in [-0.2, 0) is 0 Å². The Bertz CT molecular complexity index is 1520. The Kier molecular flexibility index (Phi) is 4.16. The molecule has 0 bridgehead atoms. The highest BCUT2D eigenvalue weighted by atomic mass is 16.5. The Morgan fingerprint density at radius 1 is 1.00 bits per heavy atom. The van der Waals surface area contributed by atoms with Gasteiger partial charge in [-0.3, -0.25) is 0 Å². The number of pyridine rings is 1. The molecular formula is C25H24N8O. The number of anilines is 2. The van der Waals surface area contributed by atoms with Crippen LogP contribution in [0.15, 0.2) is 61.4 Å². The van der Waals surface area contributed by atoms with Gasteiger partial charge in [-0.05, 0) is 72.6 Å². The van der Waals surface area contributed by atoms with Crippen LogP contribution in [0.5, 0.6) is 11.5 Å². The van der Waals surface area contributed by atoms with E-state index in [4.69, 9.17) is 4.74 Å². The summed E-state index contributed by atoms with van der Waals surface area (Å²) in [5.41, 5.74) is 5.64. The average molecular weight is 453 g/mol. The molecule has 1 spiro atoms. The van der Waals surface area contributed by atoms with Gasteiger partial charge in [-0.15, -0.1) is 0 Å². The van der Waals surface area contributed by atoms with Crippen LogP contribution in [0.3, 0.4) is 0 Å². The maximum atomic E-state index is 6.11. The molecular weight excluding hydrogens is 428 g/mol. The van der Waals surface area contributed by atoms with E-state index in [1.807, 2.05) is 48.1 Å². The molecule has 0 atom stereocenters. The molecule has 1 saturated carbocycles. The summed E-state index contributed by atoms with van der Waals surface area (Å²) in [5, 5.41) is 15.5. The monoisotopic (exact) mass is 452 g/mol. The minimum atomic E-state index is 0.522. The molecule has 5 aromatic rings. The van der Waals surface area contributed by atoms with Crippen molar-refractivity contribution in [1.82, 2.24) is 34.5 Å². The summed E-state index contributed by atoms with van der Waals surface area (Å²) >= 11 is 0. The van der Waals surface area contributed by atoms with E-state index >= 15 is 0 Å². The van der Waals surface area contributed by atoms with E-state index < -0.39 is 0 Å². The minimum absolute atomic E-state index is 0.522. The molecule has 2 N–H and O–H groups in total. The molecule has 1 aliphatic heterocycles. The third-order valence-corrected chi connectivity index (χ3v) is 7.20. The van der Waals surface area contributed by atoms with Crippen molar-refractivity contribution in [1.29, 1.82) is 0 Å². The van der Waals surface area contributed by atoms with Crippen LogP contribution in [-0.4, -0.2) is 42.3 Å². The summed E-state index contributed by atoms with van der Waals surface area (Å²) in [7, 11) is 0. The number of hydrogen-bond donors (Lipinski definition) is 2. The molecule has 7 rings (SSSR count). The van der Waals surface area contributed by atoms with Gasteiger partial charge in [0.25, 0.3) is 0 Å². The lowest BCUT2D eigenvalue weighted by Crippen LogP contribution is -2.59. The third-order valence-electron chi connectivity index (χ3n) is 7.20. The molecule has 4 aromatic heterocycles. The number of nitrogens with zero attached hydrogens (tertiary/aromatic N) is 6. The second-order valence-corrected chi connectivity index (χ2v) is 9.51. The molecule has 5 heterocycles. The Balaban J connectivity index is 1.14. The second kappa shape index (κ2) is 7.26. The quantitative estimate of drug-likeness (QED) is 0.415. The maximum absolute atomic E-state index is 6.11. The normalized spacial score (nSPS) is 17.1. The Labute approximate surface area is 195 Å². The van der Waals surface area contributed by atoms with Crippen LogP contribution in [0.25, 0.3) is 11.2 Å². The number of benzene rings is 1. The molecule has 0 unspecified atom stereocenters. The molecule has 1 saturated heterocycles. The van der Waals surface area contributed by atoms with Crippen LogP contribution in [0.4, 0.5) is 11.5 Å². The van der Waals surface area contributed by atoms with E-state index in [-0.39, 0.29) is 0 Å². The molecule has 0 radical (unpaired) electrons. The minimum Gasteiger partial charge on any atom is -0.457 e. The zero-order valence-corrected chi connectivity index (χ0v) is 18.8. The maximum Gasteiger partial charge on any atom is 0.158 e. The summed E-state index contributed by atoms with van der Waals surface area (Å²) < 4.78 is 9.75. The first-order valence-electron chi connectivity index (χ1n) is 11.5. The highest BCUT2D eigenvalue weighted by Gasteiger charge is 2.49. The molecule has 170 valence electrons. The lowest BCUT2D eigenvalue weighted by Gasteiger charge is -2.54. The Morgan fingerprint density at radius 2 is 1.82 bits per heavy atom. The van der Waals surface area contributed by atoms with E-state index in [1.54, 1.807) is 10.8 Å². The van der Waals surface area contributed by atoms with Gasteiger partial charge in [-0.25, -0.2) is 19.0 Å². The molecule has 1 aliphatic carbocycles. The number of hydrogen-bond acceptors (Lipinski definition) is 7. The molecule has 34 heavy (non-hydrogen) atoms. The first-order valence-corrected chi connectivity index (χ1v) is 11.5. The third kappa shape index (κ3) is 3.12. The van der Waals surface area contributed by atoms with Gasteiger partial charge in [0.1, 0.15) is 29.7 Å². The van der Waals surface area contributed by atoms with Crippen LogP contribution in [0, 0.1) is 12.3 Å². The van der Waals surface area contributed by atoms with E-state index in [1.165, 1.54) is 24.7 Å². The fourth-order valence-corrected chi connectivity index (χ4v) is 5.34. The summed E-state index contributed by atoms with van der Waals surface area (Å²) in [6.07, 6.45) is 9.47. The topological polar surface area (TPSA) is 93.7 Å². The lowest BCUT2D eigenvalue weighted by molar-refractivity contribution is 0.0368. The van der Waals surface area contributed by atoms with Gasteiger partial charge in [0.15, 0.2) is 11.5 Å². The fraction of sp³-hybridized carbons (Fsp3) is 0.280. The molecule has 0 amide bonds. The van der Waals surface area contributed by atoms with Crippen LogP contribution in [0.1, 0.15) is 29.9 Å². The lowest BCUT2D eigenvalue weighted by atomic mass is 9.57. The van der Waals surface area contributed by atoms with Crippen molar-refractivity contribution in [2.45, 2.75) is 25.7 Å². The van der Waals surface area contributed by atoms with Gasteiger partial charge in [0.05, 0.1) is 0 Å². The molecule has 2 fully saturated rings. The van der Waals surface area contributed by atoms with Crippen molar-refractivity contribution in [2.75, 3.05) is 18.4 Å². The highest BCUT2D eigenvalue weighted by molar-refractivity contribution is 5.77. The van der Waals surface area contributed by atoms with Gasteiger partial charge in [0.2, 0.25) is 0 Å². The smallest absolute Gasteiger partial charge is 0.158 e. The summed E-state index contributed by atoms with van der Waals surface area (Å²) in [5.74, 6) is 2.91. The Morgan fingerprint density at radius 3 is 2.65 bits per heavy atom. The number of fused-ring (bicyclic) bond motifs is 2. The molecule has 1 aromatic carbocycles. The summed E-state index contributed by atoms with van der Waals surface area (Å²) in [4.78, 5) is 8.80. The van der Waals surface area contributed by atoms with Gasteiger partial charge >= 0.3 is 0 Å². The number of aryl methyl sites for hydroxylation is 1. The second-order valence-electron chi connectivity index (χ2n) is 9.51. The van der Waals surface area contributed by atoms with E-state index in [0.717, 1.165) is 52.8 Å². The highest BCUT2D eigenvalue weighted by Crippen LogP contribution is 2.54. The Hall–Kier alpha value is -3.98. The number of nitrogens with one attached hydrogen (secondary N) is 2. The van der Waals surface area contributed by atoms with Crippen LogP contribution < -0.4 is 15.4 Å². The predicted molar refractivity (Wildman–Crippen MR) is 128 cm³/mol. The van der Waals surface area contributed by atoms with Crippen molar-refractivity contribution in [3.05, 3.63) is 72.6 Å². The van der Waals surface area contributed by atoms with E-state index in [0.29, 0.717) is 11.3 Å². The SMILES string of the molecule is Cc1cc(Nc2ncnn3ccc(C4CC5(CNC5)C4)c23)ccc1Oc1ccn2ncnc2c1. The first kappa shape index (κ1) is 19.5. The molecule has 9 heteroatoms. The number of aromatic nitrogens is 6. The molecule has 2 aliphatic rings. The summed E-state index contributed by atoms with van der Waals surface area (Å²) in [6, 6.07) is 12.0. The first-order chi connectivity index (χ1) is 16.7. The number of ether oxygens (including phenoxy) is 1. The average Bonchev–Trinajstić information content (AvgIpc) is 3.41. The van der Waals surface area contributed by atoms with Crippen molar-refractivity contribution >= 4 is 22.7 Å². The van der Waals surface area contributed by atoms with Gasteiger partial charge < -0.3 is 15.4 Å². The van der Waals surface area contributed by atoms with Crippen molar-refractivity contribution in [2.24, 2.45) is 5.41 Å². The largest absolute Gasteiger partial charge is 0.457 e. The summed E-state index contributed by atoms with van der Waals surface area (Å²) in [6.45, 7) is 4.34. The zero-order valence-electron chi connectivity index (χ0n) is 18.8. The van der Waals surface area contributed by atoms with Crippen molar-refractivity contribution in [3.8, 4) is 11.5 Å². The van der Waals surface area contributed by atoms with Gasteiger partial charge in [0, 0.05) is 37.2 Å². The molecule has 9 nitrogen and oxygen atoms in total. The fourth-order valence-electron chi connectivity index (χ4n) is 5.34. The van der Waals surface area contributed by atoms with Crippen LogP contribution in [0.2, 0.25) is 0 Å². The van der Waals surface area contributed by atoms with E-state index in [2.05, 4.69) is 42.9 Å². The van der Waals surface area contributed by atoms with Crippen molar-refractivity contribution < 1.29 is 4.74 Å². The number of rotatable bonds is 5. The van der Waals surface area contributed by atoms with Gasteiger partial charge in [-0.2, -0.15) is 10.2 Å². The van der Waals surface area contributed by atoms with E-state index in [9.17, 15) is 0 Å². The van der Waals surface area contributed by atoms with Crippen LogP contribution >= 0.6 is 0 Å². The predicted octanol–water partition coefficient (Wildman–Crippen LogP) is 4.08. The zero-order chi connectivity index (χ0) is 22.7. The van der Waals surface area contributed by atoms with Gasteiger partial charge in [-0.1, -0.05) is 0 Å². The van der Waals surface area contributed by atoms with Crippen molar-refractivity contribution in [3.63, 3.8) is 0 Å².